The normalized spacial score (nSPS) is 11.8. The lowest BCUT2D eigenvalue weighted by Crippen LogP contribution is -2.20. The molecule has 0 radical (unpaired) electrons. The van der Waals surface area contributed by atoms with Crippen LogP contribution >= 0.6 is 11.8 Å². The third-order valence-electron chi connectivity index (χ3n) is 5.14. The Balaban J connectivity index is 1.67. The van der Waals surface area contributed by atoms with E-state index in [2.05, 4.69) is 20.5 Å². The molecule has 1 N–H and O–H groups in total. The fourth-order valence-corrected chi connectivity index (χ4v) is 4.52. The molecule has 1 unspecified atom stereocenters. The molecule has 1 amide bonds. The molecule has 6 nitrogen and oxygen atoms in total. The zero-order chi connectivity index (χ0) is 22.5. The molecule has 1 atom stereocenters. The Labute approximate surface area is 192 Å². The van der Waals surface area contributed by atoms with Gasteiger partial charge in [0.2, 0.25) is 5.91 Å². The molecule has 4 aromatic rings. The highest BCUT2D eigenvalue weighted by molar-refractivity contribution is 8.00. The van der Waals surface area contributed by atoms with Gasteiger partial charge < -0.3 is 9.88 Å². The van der Waals surface area contributed by atoms with Crippen LogP contribution in [0.5, 0.6) is 0 Å². The van der Waals surface area contributed by atoms with Crippen LogP contribution in [0.15, 0.2) is 78.1 Å². The van der Waals surface area contributed by atoms with Crippen LogP contribution in [-0.4, -0.2) is 25.7 Å². The largest absolute Gasteiger partial charge is 0.325 e. The zero-order valence-corrected chi connectivity index (χ0v) is 19.1. The molecular weight excluding hydrogens is 418 g/mol. The van der Waals surface area contributed by atoms with E-state index >= 15 is 0 Å². The average molecular weight is 444 g/mol. The van der Waals surface area contributed by atoms with Gasteiger partial charge in [-0.15, -0.1) is 10.2 Å². The second kappa shape index (κ2) is 9.78. The Morgan fingerprint density at radius 2 is 1.81 bits per heavy atom. The monoisotopic (exact) mass is 443 g/mol. The summed E-state index contributed by atoms with van der Waals surface area (Å²) in [4.78, 5) is 17.9. The Bertz CT molecular complexity index is 1210. The lowest BCUT2D eigenvalue weighted by Gasteiger charge is -2.18. The first kappa shape index (κ1) is 21.8. The minimum absolute atomic E-state index is 0.0973. The number of aromatic nitrogens is 4. The van der Waals surface area contributed by atoms with Gasteiger partial charge in [0.25, 0.3) is 0 Å². The number of carbonyl (C=O) groups is 1. The third kappa shape index (κ3) is 4.73. The molecule has 0 spiro atoms. The molecule has 32 heavy (non-hydrogen) atoms. The lowest BCUT2D eigenvalue weighted by molar-refractivity contribution is -0.115. The number of benzene rings is 2. The Hall–Kier alpha value is -3.45. The summed E-state index contributed by atoms with van der Waals surface area (Å²) in [6.45, 7) is 6.71. The van der Waals surface area contributed by atoms with E-state index in [1.54, 1.807) is 6.20 Å². The van der Waals surface area contributed by atoms with Crippen LogP contribution in [0.3, 0.4) is 0 Å². The van der Waals surface area contributed by atoms with Crippen molar-refractivity contribution in [3.05, 3.63) is 89.6 Å². The van der Waals surface area contributed by atoms with Gasteiger partial charge in [-0.1, -0.05) is 60.3 Å². The fraction of sp³-hybridized carbons (Fsp3) is 0.200. The van der Waals surface area contributed by atoms with Crippen molar-refractivity contribution in [3.8, 4) is 11.5 Å². The van der Waals surface area contributed by atoms with E-state index in [1.165, 1.54) is 11.8 Å². The van der Waals surface area contributed by atoms with E-state index in [1.807, 2.05) is 92.1 Å². The molecule has 0 saturated carbocycles. The topological polar surface area (TPSA) is 72.7 Å². The number of nitrogens with zero attached hydrogens (tertiary/aromatic N) is 4. The van der Waals surface area contributed by atoms with Crippen molar-refractivity contribution in [1.82, 2.24) is 19.7 Å². The van der Waals surface area contributed by atoms with Crippen LogP contribution in [0.25, 0.3) is 11.5 Å². The smallest absolute Gasteiger partial charge is 0.242 e. The maximum atomic E-state index is 13.5. The van der Waals surface area contributed by atoms with Crippen LogP contribution in [0, 0.1) is 13.8 Å². The van der Waals surface area contributed by atoms with Crippen LogP contribution in [-0.2, 0) is 11.3 Å². The predicted octanol–water partition coefficient (Wildman–Crippen LogP) is 5.45. The lowest BCUT2D eigenvalue weighted by atomic mass is 10.1. The summed E-state index contributed by atoms with van der Waals surface area (Å²) < 4.78 is 1.99. The van der Waals surface area contributed by atoms with E-state index in [9.17, 15) is 4.79 Å². The summed E-state index contributed by atoms with van der Waals surface area (Å²) in [5, 5.41) is 12.1. The van der Waals surface area contributed by atoms with Crippen molar-refractivity contribution in [2.45, 2.75) is 37.7 Å². The number of rotatable bonds is 7. The average Bonchev–Trinajstić information content (AvgIpc) is 3.23. The molecule has 162 valence electrons. The Morgan fingerprint density at radius 3 is 2.53 bits per heavy atom. The first-order chi connectivity index (χ1) is 15.6. The maximum Gasteiger partial charge on any atom is 0.242 e. The van der Waals surface area contributed by atoms with Crippen LogP contribution < -0.4 is 5.32 Å². The maximum absolute atomic E-state index is 13.5. The minimum atomic E-state index is -0.484. The van der Waals surface area contributed by atoms with Crippen molar-refractivity contribution < 1.29 is 4.79 Å². The van der Waals surface area contributed by atoms with Gasteiger partial charge in [0.15, 0.2) is 11.0 Å². The van der Waals surface area contributed by atoms with E-state index < -0.39 is 5.25 Å². The number of pyridine rings is 1. The number of aryl methyl sites for hydroxylation is 2. The van der Waals surface area contributed by atoms with E-state index in [-0.39, 0.29) is 5.91 Å². The van der Waals surface area contributed by atoms with Crippen molar-refractivity contribution in [3.63, 3.8) is 0 Å². The highest BCUT2D eigenvalue weighted by Crippen LogP contribution is 2.37. The predicted molar refractivity (Wildman–Crippen MR) is 129 cm³/mol. The van der Waals surface area contributed by atoms with Crippen LogP contribution in [0.1, 0.15) is 28.9 Å². The first-order valence-corrected chi connectivity index (χ1v) is 11.4. The highest BCUT2D eigenvalue weighted by Gasteiger charge is 2.26. The summed E-state index contributed by atoms with van der Waals surface area (Å²) >= 11 is 1.40. The molecule has 0 aliphatic carbocycles. The van der Waals surface area contributed by atoms with E-state index in [4.69, 9.17) is 0 Å². The summed E-state index contributed by atoms with van der Waals surface area (Å²) in [5.74, 6) is 0.595. The molecule has 0 saturated heterocycles. The zero-order valence-electron chi connectivity index (χ0n) is 18.3. The summed E-state index contributed by atoms with van der Waals surface area (Å²) in [7, 11) is 0. The number of hydrogen-bond acceptors (Lipinski definition) is 5. The number of anilines is 1. The molecule has 0 aliphatic rings. The molecule has 2 aromatic carbocycles. The van der Waals surface area contributed by atoms with Crippen molar-refractivity contribution in [2.75, 3.05) is 5.32 Å². The Morgan fingerprint density at radius 1 is 1.03 bits per heavy atom. The molecule has 7 heteroatoms. The quantitative estimate of drug-likeness (QED) is 0.385. The van der Waals surface area contributed by atoms with Crippen LogP contribution in [0.2, 0.25) is 0 Å². The van der Waals surface area contributed by atoms with Crippen LogP contribution in [0.4, 0.5) is 5.69 Å². The van der Waals surface area contributed by atoms with E-state index in [0.29, 0.717) is 17.5 Å². The number of nitrogens with one attached hydrogen (secondary N) is 1. The van der Waals surface area contributed by atoms with Crippen molar-refractivity contribution >= 4 is 23.4 Å². The number of amides is 1. The van der Waals surface area contributed by atoms with Gasteiger partial charge in [0, 0.05) is 18.4 Å². The fourth-order valence-electron chi connectivity index (χ4n) is 3.42. The molecule has 0 fully saturated rings. The third-order valence-corrected chi connectivity index (χ3v) is 6.38. The Kier molecular flexibility index (Phi) is 6.66. The van der Waals surface area contributed by atoms with Gasteiger partial charge in [-0.25, -0.2) is 0 Å². The van der Waals surface area contributed by atoms with Gasteiger partial charge in [0.05, 0.1) is 0 Å². The highest BCUT2D eigenvalue weighted by atomic mass is 32.2. The van der Waals surface area contributed by atoms with E-state index in [0.717, 1.165) is 28.1 Å². The van der Waals surface area contributed by atoms with Crippen molar-refractivity contribution in [1.29, 1.82) is 0 Å². The summed E-state index contributed by atoms with van der Waals surface area (Å²) in [5.41, 5.74) is 4.60. The molecule has 2 heterocycles. The SMILES string of the molecule is CCn1c(SC(C(=O)Nc2cc(C)ccc2C)c2ccccc2)nnc1-c1ccccn1. The summed E-state index contributed by atoms with van der Waals surface area (Å²) in [6.07, 6.45) is 1.74. The standard InChI is InChI=1S/C25H25N5OS/c1-4-30-23(20-12-8-9-15-26-20)28-29-25(30)32-22(19-10-6-5-7-11-19)24(31)27-21-16-17(2)13-14-18(21)3/h5-16,22H,4H2,1-3H3,(H,27,31). The second-order valence-electron chi connectivity index (χ2n) is 7.48. The number of carbonyl (C=O) groups excluding carboxylic acids is 1. The molecule has 2 aromatic heterocycles. The second-order valence-corrected chi connectivity index (χ2v) is 8.55. The van der Waals surface area contributed by atoms with Gasteiger partial charge >= 0.3 is 0 Å². The van der Waals surface area contributed by atoms with Gasteiger partial charge in [0.1, 0.15) is 10.9 Å². The number of hydrogen-bond donors (Lipinski definition) is 1. The first-order valence-electron chi connectivity index (χ1n) is 10.5. The minimum Gasteiger partial charge on any atom is -0.325 e. The van der Waals surface area contributed by atoms with Gasteiger partial charge in [-0.3, -0.25) is 9.78 Å². The van der Waals surface area contributed by atoms with Gasteiger partial charge in [-0.05, 0) is 55.7 Å². The molecule has 0 bridgehead atoms. The molecule has 0 aliphatic heterocycles. The molecular formula is C25H25N5OS. The number of thioether (sulfide) groups is 1. The summed E-state index contributed by atoms with van der Waals surface area (Å²) in [6, 6.07) is 21.5. The van der Waals surface area contributed by atoms with Gasteiger partial charge in [-0.2, -0.15) is 0 Å². The molecule has 4 rings (SSSR count). The van der Waals surface area contributed by atoms with Crippen molar-refractivity contribution in [2.24, 2.45) is 0 Å².